The van der Waals surface area contributed by atoms with Gasteiger partial charge in [0, 0.05) is 24.5 Å². The molecule has 0 saturated carbocycles. The molecule has 1 aliphatic heterocycles. The van der Waals surface area contributed by atoms with Crippen LogP contribution in [-0.4, -0.2) is 35.7 Å². The molecule has 1 N–H and O–H groups in total. The van der Waals surface area contributed by atoms with Crippen molar-refractivity contribution in [1.82, 2.24) is 10.2 Å². The molecule has 0 radical (unpaired) electrons. The van der Waals surface area contributed by atoms with E-state index in [1.807, 2.05) is 48.2 Å². The molecule has 2 aromatic rings. The molecule has 1 fully saturated rings. The van der Waals surface area contributed by atoms with Gasteiger partial charge < -0.3 is 10.2 Å². The van der Waals surface area contributed by atoms with Gasteiger partial charge in [-0.1, -0.05) is 30.3 Å². The maximum Gasteiger partial charge on any atom is 0.236 e. The Morgan fingerprint density at radius 1 is 1.25 bits per heavy atom. The average Bonchev–Trinajstić information content (AvgIpc) is 2.62. The Morgan fingerprint density at radius 3 is 2.79 bits per heavy atom. The molecule has 1 amide bonds. The Labute approximate surface area is 146 Å². The Morgan fingerprint density at radius 2 is 2.04 bits per heavy atom. The molecule has 1 saturated heterocycles. The summed E-state index contributed by atoms with van der Waals surface area (Å²) in [6.45, 7) is 3.99. The molecule has 126 valence electrons. The van der Waals surface area contributed by atoms with Crippen molar-refractivity contribution in [3.05, 3.63) is 66.0 Å². The molecule has 2 aromatic carbocycles. The Kier molecular flexibility index (Phi) is 5.53. The molecule has 24 heavy (non-hydrogen) atoms. The van der Waals surface area contributed by atoms with Crippen molar-refractivity contribution in [2.45, 2.75) is 23.1 Å². The number of hydrogen-bond donors (Lipinski definition) is 1. The fourth-order valence-electron chi connectivity index (χ4n) is 2.97. The number of amides is 1. The number of halogens is 1. The van der Waals surface area contributed by atoms with Gasteiger partial charge in [-0.05, 0) is 36.8 Å². The number of benzene rings is 2. The zero-order chi connectivity index (χ0) is 16.9. The number of nitrogens with one attached hydrogen (secondary N) is 1. The van der Waals surface area contributed by atoms with Gasteiger partial charge in [-0.3, -0.25) is 4.79 Å². The number of piperazine rings is 1. The lowest BCUT2D eigenvalue weighted by atomic mass is 10.0. The summed E-state index contributed by atoms with van der Waals surface area (Å²) in [5, 5.41) is 3.12. The summed E-state index contributed by atoms with van der Waals surface area (Å²) < 4.78 is 13.6. The topological polar surface area (TPSA) is 32.3 Å². The summed E-state index contributed by atoms with van der Waals surface area (Å²) in [5.74, 6) is -0.170. The zero-order valence-corrected chi connectivity index (χ0v) is 14.4. The molecular formula is C19H21FN2OS. The lowest BCUT2D eigenvalue weighted by molar-refractivity contribution is -0.133. The molecule has 0 spiro atoms. The predicted octanol–water partition coefficient (Wildman–Crippen LogP) is 3.48. The highest BCUT2D eigenvalue weighted by atomic mass is 32.2. The molecule has 2 unspecified atom stereocenters. The summed E-state index contributed by atoms with van der Waals surface area (Å²) in [6.07, 6.45) is 0. The van der Waals surface area contributed by atoms with Crippen LogP contribution in [0, 0.1) is 5.82 Å². The minimum Gasteiger partial charge on any atom is -0.332 e. The third-order valence-electron chi connectivity index (χ3n) is 4.16. The third-order valence-corrected chi connectivity index (χ3v) is 5.26. The van der Waals surface area contributed by atoms with Gasteiger partial charge in [-0.2, -0.15) is 0 Å². The van der Waals surface area contributed by atoms with Gasteiger partial charge in [0.2, 0.25) is 5.91 Å². The monoisotopic (exact) mass is 344 g/mol. The van der Waals surface area contributed by atoms with Crippen LogP contribution in [0.1, 0.15) is 18.5 Å². The number of nitrogens with zero attached hydrogens (tertiary/aromatic N) is 1. The minimum absolute atomic E-state index is 0.0969. The van der Waals surface area contributed by atoms with Crippen LogP contribution in [0.3, 0.4) is 0 Å². The van der Waals surface area contributed by atoms with E-state index >= 15 is 0 Å². The highest BCUT2D eigenvalue weighted by Crippen LogP contribution is 2.29. The molecule has 3 rings (SSSR count). The summed E-state index contributed by atoms with van der Waals surface area (Å²) in [4.78, 5) is 15.9. The summed E-state index contributed by atoms with van der Waals surface area (Å²) in [6, 6.07) is 16.3. The van der Waals surface area contributed by atoms with Crippen LogP contribution in [0.15, 0.2) is 59.5 Å². The quantitative estimate of drug-likeness (QED) is 0.862. The van der Waals surface area contributed by atoms with Gasteiger partial charge in [0.15, 0.2) is 0 Å². The number of hydrogen-bond acceptors (Lipinski definition) is 3. The summed E-state index contributed by atoms with van der Waals surface area (Å²) in [5.41, 5.74) is 0.840. The van der Waals surface area contributed by atoms with Crippen LogP contribution >= 0.6 is 11.8 Å². The Hall–Kier alpha value is -1.85. The van der Waals surface area contributed by atoms with Crippen molar-refractivity contribution < 1.29 is 9.18 Å². The fraction of sp³-hybridized carbons (Fsp3) is 0.316. The van der Waals surface area contributed by atoms with Crippen LogP contribution in [0.25, 0.3) is 0 Å². The molecule has 0 bridgehead atoms. The lowest BCUT2D eigenvalue weighted by Gasteiger charge is -2.38. The van der Waals surface area contributed by atoms with Gasteiger partial charge in [0.25, 0.3) is 0 Å². The van der Waals surface area contributed by atoms with Gasteiger partial charge in [0.1, 0.15) is 5.82 Å². The summed E-state index contributed by atoms with van der Waals surface area (Å²) >= 11 is 1.56. The largest absolute Gasteiger partial charge is 0.332 e. The number of carbonyl (C=O) groups is 1. The van der Waals surface area contributed by atoms with E-state index in [2.05, 4.69) is 5.32 Å². The van der Waals surface area contributed by atoms with Crippen molar-refractivity contribution in [2.75, 3.05) is 19.6 Å². The second kappa shape index (κ2) is 7.81. The van der Waals surface area contributed by atoms with E-state index in [1.54, 1.807) is 17.8 Å². The third kappa shape index (κ3) is 3.97. The average molecular weight is 344 g/mol. The van der Waals surface area contributed by atoms with E-state index < -0.39 is 0 Å². The first-order valence-corrected chi connectivity index (χ1v) is 9.01. The van der Waals surface area contributed by atoms with Crippen molar-refractivity contribution in [3.8, 4) is 0 Å². The van der Waals surface area contributed by atoms with Crippen molar-refractivity contribution in [1.29, 1.82) is 0 Å². The molecule has 3 nitrogen and oxygen atoms in total. The van der Waals surface area contributed by atoms with E-state index in [0.717, 1.165) is 17.0 Å². The fourth-order valence-corrected chi connectivity index (χ4v) is 3.93. The van der Waals surface area contributed by atoms with E-state index in [4.69, 9.17) is 0 Å². The van der Waals surface area contributed by atoms with E-state index in [9.17, 15) is 9.18 Å². The standard InChI is InChI=1S/C19H21FN2OS/c1-14(24-17-8-3-2-4-9-17)19(23)22-11-10-21-13-18(22)15-6-5-7-16(20)12-15/h2-9,12,14,18,21H,10-11,13H2,1H3. The van der Waals surface area contributed by atoms with Crippen molar-refractivity contribution >= 4 is 17.7 Å². The molecule has 1 heterocycles. The summed E-state index contributed by atoms with van der Waals surface area (Å²) in [7, 11) is 0. The maximum absolute atomic E-state index is 13.6. The number of carbonyl (C=O) groups excluding carboxylic acids is 1. The first-order valence-electron chi connectivity index (χ1n) is 8.13. The lowest BCUT2D eigenvalue weighted by Crippen LogP contribution is -2.50. The first-order chi connectivity index (χ1) is 11.6. The van der Waals surface area contributed by atoms with Crippen LogP contribution in [0.5, 0.6) is 0 Å². The first kappa shape index (κ1) is 17.0. The highest BCUT2D eigenvalue weighted by molar-refractivity contribution is 8.00. The van der Waals surface area contributed by atoms with Crippen LogP contribution < -0.4 is 5.32 Å². The molecule has 0 aromatic heterocycles. The second-order valence-corrected chi connectivity index (χ2v) is 7.29. The van der Waals surface area contributed by atoms with Crippen molar-refractivity contribution in [2.24, 2.45) is 0 Å². The van der Waals surface area contributed by atoms with E-state index in [-0.39, 0.29) is 23.0 Å². The molecule has 1 aliphatic rings. The normalized spacial score (nSPS) is 19.1. The smallest absolute Gasteiger partial charge is 0.236 e. The Balaban J connectivity index is 1.76. The molecule has 0 aliphatic carbocycles. The van der Waals surface area contributed by atoms with Crippen molar-refractivity contribution in [3.63, 3.8) is 0 Å². The van der Waals surface area contributed by atoms with Gasteiger partial charge in [0.05, 0.1) is 11.3 Å². The number of rotatable bonds is 4. The van der Waals surface area contributed by atoms with Crippen LogP contribution in [-0.2, 0) is 4.79 Å². The SMILES string of the molecule is CC(Sc1ccccc1)C(=O)N1CCNCC1c1cccc(F)c1. The minimum atomic E-state index is -0.266. The van der Waals surface area contributed by atoms with Gasteiger partial charge in [-0.25, -0.2) is 4.39 Å². The van der Waals surface area contributed by atoms with Crippen LogP contribution in [0.2, 0.25) is 0 Å². The predicted molar refractivity (Wildman–Crippen MR) is 95.5 cm³/mol. The molecular weight excluding hydrogens is 323 g/mol. The van der Waals surface area contributed by atoms with Crippen LogP contribution in [0.4, 0.5) is 4.39 Å². The van der Waals surface area contributed by atoms with E-state index in [0.29, 0.717) is 13.1 Å². The zero-order valence-electron chi connectivity index (χ0n) is 13.6. The van der Waals surface area contributed by atoms with E-state index in [1.165, 1.54) is 12.1 Å². The second-order valence-electron chi connectivity index (χ2n) is 5.88. The Bertz CT molecular complexity index is 695. The van der Waals surface area contributed by atoms with Gasteiger partial charge >= 0.3 is 0 Å². The number of thioether (sulfide) groups is 1. The molecule has 2 atom stereocenters. The molecule has 5 heteroatoms. The maximum atomic E-state index is 13.6. The highest BCUT2D eigenvalue weighted by Gasteiger charge is 2.31. The van der Waals surface area contributed by atoms with Gasteiger partial charge in [-0.15, -0.1) is 11.8 Å².